The fourth-order valence-electron chi connectivity index (χ4n) is 1.62. The van der Waals surface area contributed by atoms with E-state index in [9.17, 15) is 0 Å². The first-order chi connectivity index (χ1) is 8.29. The highest BCUT2D eigenvalue weighted by atomic mass is 32.1. The van der Waals surface area contributed by atoms with Gasteiger partial charge in [-0.1, -0.05) is 6.92 Å². The SMILES string of the molecule is CCc1nc(CNCc2ccncc2C)cs1. The Morgan fingerprint density at radius 2 is 2.24 bits per heavy atom. The first-order valence-corrected chi connectivity index (χ1v) is 6.71. The van der Waals surface area contributed by atoms with Crippen molar-refractivity contribution in [3.63, 3.8) is 0 Å². The Morgan fingerprint density at radius 3 is 2.94 bits per heavy atom. The normalized spacial score (nSPS) is 10.7. The van der Waals surface area contributed by atoms with E-state index in [-0.39, 0.29) is 0 Å². The van der Waals surface area contributed by atoms with Gasteiger partial charge in [-0.15, -0.1) is 11.3 Å². The number of aromatic nitrogens is 2. The molecule has 0 bridgehead atoms. The summed E-state index contributed by atoms with van der Waals surface area (Å²) in [6.07, 6.45) is 4.76. The summed E-state index contributed by atoms with van der Waals surface area (Å²) < 4.78 is 0. The Balaban J connectivity index is 1.85. The van der Waals surface area contributed by atoms with Gasteiger partial charge in [0.1, 0.15) is 0 Å². The van der Waals surface area contributed by atoms with Crippen molar-refractivity contribution in [2.45, 2.75) is 33.4 Å². The van der Waals surface area contributed by atoms with Crippen LogP contribution in [0.5, 0.6) is 0 Å². The Hall–Kier alpha value is -1.26. The van der Waals surface area contributed by atoms with Crippen LogP contribution in [0, 0.1) is 6.92 Å². The quantitative estimate of drug-likeness (QED) is 0.882. The topological polar surface area (TPSA) is 37.8 Å². The van der Waals surface area contributed by atoms with E-state index in [4.69, 9.17) is 0 Å². The first kappa shape index (κ1) is 12.2. The lowest BCUT2D eigenvalue weighted by Crippen LogP contribution is -2.13. The van der Waals surface area contributed by atoms with E-state index in [2.05, 4.69) is 40.6 Å². The third kappa shape index (κ3) is 3.35. The molecule has 0 aliphatic heterocycles. The van der Waals surface area contributed by atoms with Crippen LogP contribution in [-0.2, 0) is 19.5 Å². The van der Waals surface area contributed by atoms with Crippen molar-refractivity contribution in [1.82, 2.24) is 15.3 Å². The minimum absolute atomic E-state index is 0.832. The summed E-state index contributed by atoms with van der Waals surface area (Å²) in [4.78, 5) is 8.61. The summed E-state index contributed by atoms with van der Waals surface area (Å²) in [7, 11) is 0. The van der Waals surface area contributed by atoms with Crippen LogP contribution in [0.25, 0.3) is 0 Å². The van der Waals surface area contributed by atoms with Gasteiger partial charge in [0.15, 0.2) is 0 Å². The molecule has 0 fully saturated rings. The van der Waals surface area contributed by atoms with E-state index in [0.717, 1.165) is 25.2 Å². The maximum absolute atomic E-state index is 4.53. The van der Waals surface area contributed by atoms with Crippen LogP contribution in [0.4, 0.5) is 0 Å². The van der Waals surface area contributed by atoms with E-state index < -0.39 is 0 Å². The summed E-state index contributed by atoms with van der Waals surface area (Å²) in [5.41, 5.74) is 3.66. The highest BCUT2D eigenvalue weighted by molar-refractivity contribution is 7.09. The standard InChI is InChI=1S/C13H17N3S/c1-3-13-16-12(9-17-13)8-15-7-11-4-5-14-6-10(11)2/h4-6,9,15H,3,7-8H2,1-2H3. The fraction of sp³-hybridized carbons (Fsp3) is 0.385. The highest BCUT2D eigenvalue weighted by Gasteiger charge is 2.01. The zero-order valence-corrected chi connectivity index (χ0v) is 11.0. The summed E-state index contributed by atoms with van der Waals surface area (Å²) in [6.45, 7) is 5.92. The van der Waals surface area contributed by atoms with Crippen LogP contribution in [0.2, 0.25) is 0 Å². The lowest BCUT2D eigenvalue weighted by Gasteiger charge is -2.05. The molecule has 0 amide bonds. The molecule has 0 saturated heterocycles. The number of hydrogen-bond donors (Lipinski definition) is 1. The molecule has 2 rings (SSSR count). The molecule has 0 aromatic carbocycles. The lowest BCUT2D eigenvalue weighted by molar-refractivity contribution is 0.677. The number of aryl methyl sites for hydroxylation is 2. The molecule has 0 aliphatic rings. The number of pyridine rings is 1. The van der Waals surface area contributed by atoms with Gasteiger partial charge in [0.05, 0.1) is 10.7 Å². The Bertz CT molecular complexity index is 479. The van der Waals surface area contributed by atoms with E-state index in [1.807, 2.05) is 12.4 Å². The molecule has 17 heavy (non-hydrogen) atoms. The smallest absolute Gasteiger partial charge is 0.0926 e. The van der Waals surface area contributed by atoms with Gasteiger partial charge in [-0.25, -0.2) is 4.98 Å². The summed E-state index contributed by atoms with van der Waals surface area (Å²) in [6, 6.07) is 2.06. The van der Waals surface area contributed by atoms with Crippen molar-refractivity contribution in [3.05, 3.63) is 45.7 Å². The molecule has 0 saturated carbocycles. The molecule has 0 atom stereocenters. The molecule has 0 aliphatic carbocycles. The van der Waals surface area contributed by atoms with Gasteiger partial charge in [-0.2, -0.15) is 0 Å². The van der Waals surface area contributed by atoms with E-state index in [1.165, 1.54) is 16.1 Å². The van der Waals surface area contributed by atoms with Gasteiger partial charge < -0.3 is 5.32 Å². The molecule has 0 radical (unpaired) electrons. The Morgan fingerprint density at radius 1 is 1.35 bits per heavy atom. The average molecular weight is 247 g/mol. The van der Waals surface area contributed by atoms with Crippen LogP contribution < -0.4 is 5.32 Å². The van der Waals surface area contributed by atoms with Gasteiger partial charge in [0.25, 0.3) is 0 Å². The summed E-state index contributed by atoms with van der Waals surface area (Å²) in [5, 5.41) is 6.75. The molecular formula is C13H17N3S. The van der Waals surface area contributed by atoms with E-state index in [0.29, 0.717) is 0 Å². The molecule has 1 N–H and O–H groups in total. The third-order valence-electron chi connectivity index (χ3n) is 2.66. The van der Waals surface area contributed by atoms with E-state index in [1.54, 1.807) is 11.3 Å². The molecule has 2 aromatic heterocycles. The molecule has 4 heteroatoms. The molecule has 0 spiro atoms. The first-order valence-electron chi connectivity index (χ1n) is 5.83. The molecule has 2 heterocycles. The van der Waals surface area contributed by atoms with Crippen LogP contribution in [0.15, 0.2) is 23.8 Å². The fourth-order valence-corrected chi connectivity index (χ4v) is 2.36. The maximum Gasteiger partial charge on any atom is 0.0926 e. The highest BCUT2D eigenvalue weighted by Crippen LogP contribution is 2.10. The number of hydrogen-bond acceptors (Lipinski definition) is 4. The zero-order valence-electron chi connectivity index (χ0n) is 10.2. The zero-order chi connectivity index (χ0) is 12.1. The van der Waals surface area contributed by atoms with Crippen molar-refractivity contribution in [3.8, 4) is 0 Å². The van der Waals surface area contributed by atoms with Crippen molar-refractivity contribution in [1.29, 1.82) is 0 Å². The van der Waals surface area contributed by atoms with Crippen molar-refractivity contribution in [2.24, 2.45) is 0 Å². The Kier molecular flexibility index (Phi) is 4.23. The molecule has 90 valence electrons. The van der Waals surface area contributed by atoms with Crippen LogP contribution in [0.3, 0.4) is 0 Å². The van der Waals surface area contributed by atoms with Crippen molar-refractivity contribution >= 4 is 11.3 Å². The number of nitrogens with one attached hydrogen (secondary N) is 1. The van der Waals surface area contributed by atoms with Crippen LogP contribution in [-0.4, -0.2) is 9.97 Å². The Labute approximate surface area is 106 Å². The maximum atomic E-state index is 4.53. The predicted molar refractivity (Wildman–Crippen MR) is 71.0 cm³/mol. The molecule has 3 nitrogen and oxygen atoms in total. The minimum atomic E-state index is 0.832. The van der Waals surface area contributed by atoms with Gasteiger partial charge in [-0.05, 0) is 30.5 Å². The number of thiazole rings is 1. The second-order valence-corrected chi connectivity index (χ2v) is 4.93. The number of nitrogens with zero attached hydrogens (tertiary/aromatic N) is 2. The molecule has 2 aromatic rings. The molecular weight excluding hydrogens is 230 g/mol. The third-order valence-corrected chi connectivity index (χ3v) is 3.70. The summed E-state index contributed by atoms with van der Waals surface area (Å²) in [5.74, 6) is 0. The van der Waals surface area contributed by atoms with Crippen LogP contribution >= 0.6 is 11.3 Å². The second kappa shape index (κ2) is 5.89. The van der Waals surface area contributed by atoms with Gasteiger partial charge in [0.2, 0.25) is 0 Å². The second-order valence-electron chi connectivity index (χ2n) is 3.99. The van der Waals surface area contributed by atoms with Gasteiger partial charge in [-0.3, -0.25) is 4.98 Å². The van der Waals surface area contributed by atoms with Gasteiger partial charge in [0, 0.05) is 30.9 Å². The molecule has 0 unspecified atom stereocenters. The lowest BCUT2D eigenvalue weighted by atomic mass is 10.1. The predicted octanol–water partition coefficient (Wildman–Crippen LogP) is 2.70. The largest absolute Gasteiger partial charge is 0.307 e. The monoisotopic (exact) mass is 247 g/mol. The van der Waals surface area contributed by atoms with E-state index >= 15 is 0 Å². The van der Waals surface area contributed by atoms with Crippen molar-refractivity contribution in [2.75, 3.05) is 0 Å². The van der Waals surface area contributed by atoms with Crippen molar-refractivity contribution < 1.29 is 0 Å². The van der Waals surface area contributed by atoms with Crippen LogP contribution in [0.1, 0.15) is 28.8 Å². The number of rotatable bonds is 5. The van der Waals surface area contributed by atoms with Gasteiger partial charge >= 0.3 is 0 Å². The summed E-state index contributed by atoms with van der Waals surface area (Å²) >= 11 is 1.74. The average Bonchev–Trinajstić information content (AvgIpc) is 2.80. The minimum Gasteiger partial charge on any atom is -0.307 e.